The summed E-state index contributed by atoms with van der Waals surface area (Å²) in [5.74, 6) is -0.805. The molecular weight excluding hydrogens is 777 g/mol. The summed E-state index contributed by atoms with van der Waals surface area (Å²) in [5, 5.41) is 13.2. The maximum atomic E-state index is 14.5. The van der Waals surface area contributed by atoms with Crippen LogP contribution in [0.15, 0.2) is 78.7 Å². The molecular formula is C39H42F2IrNO2S-. The van der Waals surface area contributed by atoms with E-state index < -0.39 is 11.6 Å². The molecule has 0 fully saturated rings. The van der Waals surface area contributed by atoms with Gasteiger partial charge in [-0.2, -0.15) is 0 Å². The summed E-state index contributed by atoms with van der Waals surface area (Å²) >= 11 is 1.35. The van der Waals surface area contributed by atoms with E-state index in [9.17, 15) is 18.7 Å². The first-order chi connectivity index (χ1) is 21.4. The number of rotatable bonds is 9. The smallest absolute Gasteiger partial charge is 0.164 e. The molecule has 0 saturated carbocycles. The Hall–Kier alpha value is -3.25. The maximum Gasteiger partial charge on any atom is 0.164 e. The molecule has 0 amide bonds. The molecule has 2 heterocycles. The Morgan fingerprint density at radius 3 is 2.11 bits per heavy atom. The molecule has 0 bridgehead atoms. The van der Waals surface area contributed by atoms with Gasteiger partial charge in [0.2, 0.25) is 0 Å². The Bertz CT molecular complexity index is 1830. The minimum atomic E-state index is -0.546. The second kappa shape index (κ2) is 15.6. The van der Waals surface area contributed by atoms with Crippen molar-refractivity contribution < 1.29 is 38.8 Å². The number of benzene rings is 3. The Morgan fingerprint density at radius 2 is 1.50 bits per heavy atom. The molecule has 0 saturated heterocycles. The number of allylic oxidation sites excluding steroid dienone is 2. The third-order valence-electron chi connectivity index (χ3n) is 9.38. The second-order valence-corrected chi connectivity index (χ2v) is 13.2. The minimum Gasteiger partial charge on any atom is -0.512 e. The standard InChI is InChI=1S/C24H14F2NS.C15H28O2.Ir/c1-14-10-19(25)22(20(26)11-14)21-13-18-8-9-27-23(24(18)28-21)17-7-6-15-4-2-3-5-16(15)12-17;1-7-14(5,8-2)12(16)11-13(17)15(6,9-3)10-4;/h2-11,13H,1H3;11,16H,7-10H2,1-6H3;/q-1;;/b;12-11-;. The monoisotopic (exact) mass is 819 g/mol. The van der Waals surface area contributed by atoms with Crippen LogP contribution in [-0.2, 0) is 24.9 Å². The van der Waals surface area contributed by atoms with Crippen molar-refractivity contribution >= 4 is 38.0 Å². The molecule has 1 radical (unpaired) electrons. The van der Waals surface area contributed by atoms with Gasteiger partial charge in [-0.15, -0.1) is 41.0 Å². The summed E-state index contributed by atoms with van der Waals surface area (Å²) in [4.78, 5) is 17.3. The van der Waals surface area contributed by atoms with Gasteiger partial charge < -0.3 is 5.11 Å². The number of aliphatic hydroxyl groups is 1. The van der Waals surface area contributed by atoms with E-state index in [2.05, 4.69) is 11.1 Å². The number of nitrogens with zero attached hydrogens (tertiary/aromatic N) is 1. The van der Waals surface area contributed by atoms with Gasteiger partial charge in [-0.25, -0.2) is 8.78 Å². The van der Waals surface area contributed by atoms with Crippen LogP contribution in [0.1, 0.15) is 72.8 Å². The summed E-state index contributed by atoms with van der Waals surface area (Å²) in [6.07, 6.45) is 6.48. The van der Waals surface area contributed by atoms with Crippen molar-refractivity contribution in [2.75, 3.05) is 0 Å². The van der Waals surface area contributed by atoms with Crippen molar-refractivity contribution in [3.63, 3.8) is 0 Å². The van der Waals surface area contributed by atoms with Gasteiger partial charge in [0.15, 0.2) is 5.78 Å². The van der Waals surface area contributed by atoms with Crippen LogP contribution in [0.25, 0.3) is 42.6 Å². The van der Waals surface area contributed by atoms with Gasteiger partial charge in [0.1, 0.15) is 17.4 Å². The Morgan fingerprint density at radius 1 is 0.891 bits per heavy atom. The number of carbonyl (C=O) groups excluding carboxylic acids is 1. The predicted molar refractivity (Wildman–Crippen MR) is 185 cm³/mol. The second-order valence-electron chi connectivity index (χ2n) is 12.2. The molecule has 3 aromatic carbocycles. The van der Waals surface area contributed by atoms with Crippen LogP contribution in [-0.4, -0.2) is 15.9 Å². The van der Waals surface area contributed by atoms with Crippen LogP contribution in [0, 0.1) is 35.5 Å². The number of aryl methyl sites for hydroxylation is 1. The molecule has 0 aliphatic rings. The third-order valence-corrected chi connectivity index (χ3v) is 10.6. The number of aromatic nitrogens is 1. The molecule has 3 nitrogen and oxygen atoms in total. The summed E-state index contributed by atoms with van der Waals surface area (Å²) in [5.41, 5.74) is 1.61. The van der Waals surface area contributed by atoms with Gasteiger partial charge in [0.25, 0.3) is 0 Å². The van der Waals surface area contributed by atoms with E-state index in [0.717, 1.165) is 57.8 Å². The average Bonchev–Trinajstić information content (AvgIpc) is 3.47. The van der Waals surface area contributed by atoms with Crippen LogP contribution >= 0.6 is 11.3 Å². The van der Waals surface area contributed by atoms with Gasteiger partial charge in [0.05, 0.1) is 5.56 Å². The summed E-state index contributed by atoms with van der Waals surface area (Å²) in [6.45, 7) is 13.8. The zero-order valence-electron chi connectivity index (χ0n) is 27.6. The minimum absolute atomic E-state index is 0. The van der Waals surface area contributed by atoms with Crippen LogP contribution in [0.5, 0.6) is 0 Å². The maximum absolute atomic E-state index is 14.5. The summed E-state index contributed by atoms with van der Waals surface area (Å²) < 4.78 is 29.8. The number of halogens is 2. The molecule has 0 atom stereocenters. The SMILES string of the molecule is CCC(C)(CC)C(=O)/C=C(\O)C(C)(CC)CC.Cc1cc(F)c(-c2cc3ccnc(-c4[c-]c5ccccc5cc4)c3s2)c(F)c1.[Ir]. The number of hydrogen-bond acceptors (Lipinski definition) is 4. The fourth-order valence-corrected chi connectivity index (χ4v) is 6.36. The number of thiophene rings is 1. The first-order valence-electron chi connectivity index (χ1n) is 15.6. The Balaban J connectivity index is 0.000000280. The quantitative estimate of drug-likeness (QED) is 0.0916. The number of fused-ring (bicyclic) bond motifs is 2. The van der Waals surface area contributed by atoms with Gasteiger partial charge in [0, 0.05) is 58.5 Å². The Kier molecular flexibility index (Phi) is 12.6. The van der Waals surface area contributed by atoms with Crippen molar-refractivity contribution in [2.24, 2.45) is 10.8 Å². The van der Waals surface area contributed by atoms with E-state index >= 15 is 0 Å². The van der Waals surface area contributed by atoms with E-state index in [4.69, 9.17) is 0 Å². The molecule has 7 heteroatoms. The van der Waals surface area contributed by atoms with E-state index in [1.54, 1.807) is 13.1 Å². The van der Waals surface area contributed by atoms with Crippen LogP contribution < -0.4 is 0 Å². The van der Waals surface area contributed by atoms with E-state index in [0.29, 0.717) is 10.4 Å². The van der Waals surface area contributed by atoms with Crippen molar-refractivity contribution in [1.29, 1.82) is 0 Å². The van der Waals surface area contributed by atoms with Crippen molar-refractivity contribution in [3.05, 3.63) is 102 Å². The van der Waals surface area contributed by atoms with Crippen molar-refractivity contribution in [3.8, 4) is 21.7 Å². The Labute approximate surface area is 289 Å². The van der Waals surface area contributed by atoms with E-state index in [1.165, 1.54) is 29.5 Å². The van der Waals surface area contributed by atoms with Crippen LogP contribution in [0.3, 0.4) is 0 Å². The fraction of sp³-hybridized carbons (Fsp3) is 0.333. The van der Waals surface area contributed by atoms with E-state index in [1.807, 2.05) is 90.1 Å². The topological polar surface area (TPSA) is 50.2 Å². The molecule has 46 heavy (non-hydrogen) atoms. The third kappa shape index (κ3) is 7.82. The number of aliphatic hydroxyl groups excluding tert-OH is 1. The first-order valence-corrected chi connectivity index (χ1v) is 16.4. The predicted octanol–water partition coefficient (Wildman–Crippen LogP) is 11.8. The van der Waals surface area contributed by atoms with Gasteiger partial charge in [-0.1, -0.05) is 70.7 Å². The molecule has 2 aromatic heterocycles. The largest absolute Gasteiger partial charge is 0.512 e. The molecule has 5 aromatic rings. The normalized spacial score (nSPS) is 12.1. The molecule has 1 N–H and O–H groups in total. The summed E-state index contributed by atoms with van der Waals surface area (Å²) in [6, 6.07) is 21.9. The molecule has 0 unspecified atom stereocenters. The number of pyridine rings is 1. The molecule has 5 rings (SSSR count). The number of hydrogen-bond donors (Lipinski definition) is 1. The van der Waals surface area contributed by atoms with Gasteiger partial charge >= 0.3 is 0 Å². The van der Waals surface area contributed by atoms with Gasteiger partial charge in [-0.05, 0) is 67.8 Å². The number of carbonyl (C=O) groups is 1. The van der Waals surface area contributed by atoms with Gasteiger partial charge in [-0.3, -0.25) is 9.78 Å². The van der Waals surface area contributed by atoms with Crippen molar-refractivity contribution in [1.82, 2.24) is 4.98 Å². The molecule has 245 valence electrons. The fourth-order valence-electron chi connectivity index (χ4n) is 5.15. The van der Waals surface area contributed by atoms with Crippen LogP contribution in [0.2, 0.25) is 0 Å². The molecule has 0 aliphatic carbocycles. The van der Waals surface area contributed by atoms with Crippen LogP contribution in [0.4, 0.5) is 8.78 Å². The van der Waals surface area contributed by atoms with Crippen molar-refractivity contribution in [2.45, 2.75) is 74.1 Å². The summed E-state index contributed by atoms with van der Waals surface area (Å²) in [7, 11) is 0. The van der Waals surface area contributed by atoms with E-state index in [-0.39, 0.29) is 48.0 Å². The molecule has 0 spiro atoms. The number of ketones is 1. The molecule has 0 aliphatic heterocycles. The first kappa shape index (κ1) is 37.2. The zero-order chi connectivity index (χ0) is 32.9. The average molecular weight is 819 g/mol. The zero-order valence-corrected chi connectivity index (χ0v) is 30.8.